The monoisotopic (exact) mass is 380 g/mol. The highest BCUT2D eigenvalue weighted by atomic mass is 16.2. The smallest absolute Gasteiger partial charge is 0.231 e. The predicted molar refractivity (Wildman–Crippen MR) is 115 cm³/mol. The zero-order chi connectivity index (χ0) is 19.6. The molecule has 29 heavy (non-hydrogen) atoms. The van der Waals surface area contributed by atoms with E-state index < -0.39 is 0 Å². The highest BCUT2D eigenvalue weighted by Crippen LogP contribution is 2.22. The summed E-state index contributed by atoms with van der Waals surface area (Å²) in [5.41, 5.74) is 4.77. The molecule has 0 bridgehead atoms. The number of rotatable bonds is 5. The Morgan fingerprint density at radius 2 is 1.76 bits per heavy atom. The maximum absolute atomic E-state index is 13.4. The van der Waals surface area contributed by atoms with E-state index in [1.165, 1.54) is 0 Å². The van der Waals surface area contributed by atoms with Gasteiger partial charge < -0.3 is 14.3 Å². The molecule has 0 radical (unpaired) electrons. The van der Waals surface area contributed by atoms with Gasteiger partial charge in [-0.25, -0.2) is 4.98 Å². The fraction of sp³-hybridized carbons (Fsp3) is 0.0833. The zero-order valence-electron chi connectivity index (χ0n) is 15.8. The van der Waals surface area contributed by atoms with E-state index in [0.29, 0.717) is 13.0 Å². The number of aromatic nitrogens is 3. The Balaban J connectivity index is 1.49. The van der Waals surface area contributed by atoms with Crippen molar-refractivity contribution >= 4 is 28.1 Å². The fourth-order valence-corrected chi connectivity index (χ4v) is 3.73. The van der Waals surface area contributed by atoms with Gasteiger partial charge in [-0.3, -0.25) is 4.79 Å². The first-order valence-corrected chi connectivity index (χ1v) is 9.61. The number of H-pyrrole nitrogens is 1. The summed E-state index contributed by atoms with van der Waals surface area (Å²) in [6, 6.07) is 23.8. The lowest BCUT2D eigenvalue weighted by Gasteiger charge is -2.23. The van der Waals surface area contributed by atoms with Gasteiger partial charge >= 0.3 is 0 Å². The summed E-state index contributed by atoms with van der Waals surface area (Å²) in [6.45, 7) is 0.455. The number of aromatic amines is 1. The molecule has 2 aromatic carbocycles. The normalized spacial score (nSPS) is 11.2. The SMILES string of the molecule is O=C(Cc1c[nH]c2ccccc12)N(Cc1cnc2ccccn12)c1ccccc1. The van der Waals surface area contributed by atoms with Gasteiger partial charge in [0.1, 0.15) is 5.65 Å². The Bertz CT molecular complexity index is 1290. The second-order valence-electron chi connectivity index (χ2n) is 7.03. The van der Waals surface area contributed by atoms with Crippen LogP contribution >= 0.6 is 0 Å². The maximum Gasteiger partial charge on any atom is 0.231 e. The van der Waals surface area contributed by atoms with E-state index in [4.69, 9.17) is 0 Å². The number of nitrogens with one attached hydrogen (secondary N) is 1. The van der Waals surface area contributed by atoms with Crippen LogP contribution < -0.4 is 4.90 Å². The topological polar surface area (TPSA) is 53.4 Å². The highest BCUT2D eigenvalue weighted by Gasteiger charge is 2.19. The number of hydrogen-bond acceptors (Lipinski definition) is 2. The minimum atomic E-state index is 0.0480. The number of hydrogen-bond donors (Lipinski definition) is 1. The summed E-state index contributed by atoms with van der Waals surface area (Å²) in [5, 5.41) is 1.09. The minimum Gasteiger partial charge on any atom is -0.361 e. The van der Waals surface area contributed by atoms with Crippen molar-refractivity contribution in [3.63, 3.8) is 0 Å². The number of fused-ring (bicyclic) bond motifs is 2. The number of pyridine rings is 1. The van der Waals surface area contributed by atoms with E-state index in [0.717, 1.165) is 33.5 Å². The maximum atomic E-state index is 13.4. The average molecular weight is 380 g/mol. The summed E-state index contributed by atoms with van der Waals surface area (Å²) < 4.78 is 2.02. The Morgan fingerprint density at radius 1 is 0.966 bits per heavy atom. The van der Waals surface area contributed by atoms with E-state index in [-0.39, 0.29) is 5.91 Å². The van der Waals surface area contributed by atoms with Crippen LogP contribution in [0.4, 0.5) is 5.69 Å². The third-order valence-corrected chi connectivity index (χ3v) is 5.20. The van der Waals surface area contributed by atoms with Crippen molar-refractivity contribution in [1.29, 1.82) is 0 Å². The van der Waals surface area contributed by atoms with Gasteiger partial charge in [-0.1, -0.05) is 42.5 Å². The molecule has 0 atom stereocenters. The molecule has 0 aliphatic carbocycles. The van der Waals surface area contributed by atoms with Crippen molar-refractivity contribution in [2.24, 2.45) is 0 Å². The van der Waals surface area contributed by atoms with Crippen molar-refractivity contribution in [3.8, 4) is 0 Å². The molecular weight excluding hydrogens is 360 g/mol. The van der Waals surface area contributed by atoms with Crippen LogP contribution in [0.5, 0.6) is 0 Å². The molecule has 3 aromatic heterocycles. The molecule has 5 heteroatoms. The number of carbonyl (C=O) groups is 1. The zero-order valence-corrected chi connectivity index (χ0v) is 15.8. The van der Waals surface area contributed by atoms with Crippen molar-refractivity contribution in [2.45, 2.75) is 13.0 Å². The molecule has 0 aliphatic rings. The molecule has 5 rings (SSSR count). The molecule has 5 aromatic rings. The highest BCUT2D eigenvalue weighted by molar-refractivity contribution is 5.97. The number of nitrogens with zero attached hydrogens (tertiary/aromatic N) is 3. The van der Waals surface area contributed by atoms with Gasteiger partial charge in [0, 0.05) is 29.0 Å². The molecule has 142 valence electrons. The number of amides is 1. The van der Waals surface area contributed by atoms with Gasteiger partial charge in [0.05, 0.1) is 24.9 Å². The lowest BCUT2D eigenvalue weighted by atomic mass is 10.1. The fourth-order valence-electron chi connectivity index (χ4n) is 3.73. The Morgan fingerprint density at radius 3 is 2.66 bits per heavy atom. The first-order chi connectivity index (χ1) is 14.3. The summed E-state index contributed by atoms with van der Waals surface area (Å²) in [7, 11) is 0. The van der Waals surface area contributed by atoms with Crippen LogP contribution in [0, 0.1) is 0 Å². The standard InChI is InChI=1S/C24H20N4O/c29-24(14-18-15-25-22-11-5-4-10-21(18)22)28(19-8-2-1-3-9-19)17-20-16-26-23-12-6-7-13-27(20)23/h1-13,15-16,25H,14,17H2. The third kappa shape index (κ3) is 3.27. The van der Waals surface area contributed by atoms with Gasteiger partial charge in [0.25, 0.3) is 0 Å². The second-order valence-corrected chi connectivity index (χ2v) is 7.03. The number of anilines is 1. The first-order valence-electron chi connectivity index (χ1n) is 9.61. The van der Waals surface area contributed by atoms with Crippen molar-refractivity contribution in [3.05, 3.63) is 103 Å². The van der Waals surface area contributed by atoms with Gasteiger partial charge in [0.2, 0.25) is 5.91 Å². The Hall–Kier alpha value is -3.86. The summed E-state index contributed by atoms with van der Waals surface area (Å²) >= 11 is 0. The quantitative estimate of drug-likeness (QED) is 0.485. The lowest BCUT2D eigenvalue weighted by Crippen LogP contribution is -2.32. The lowest BCUT2D eigenvalue weighted by molar-refractivity contribution is -0.118. The largest absolute Gasteiger partial charge is 0.361 e. The van der Waals surface area contributed by atoms with Crippen molar-refractivity contribution in [1.82, 2.24) is 14.4 Å². The molecule has 5 nitrogen and oxygen atoms in total. The van der Waals surface area contributed by atoms with Gasteiger partial charge in [-0.2, -0.15) is 0 Å². The number of para-hydroxylation sites is 2. The molecule has 0 fully saturated rings. The summed E-state index contributed by atoms with van der Waals surface area (Å²) in [6.07, 6.45) is 6.07. The molecule has 1 amide bonds. The molecule has 0 spiro atoms. The summed E-state index contributed by atoms with van der Waals surface area (Å²) in [4.78, 5) is 22.9. The van der Waals surface area contributed by atoms with Crippen LogP contribution in [0.25, 0.3) is 16.6 Å². The molecule has 1 N–H and O–H groups in total. The van der Waals surface area contributed by atoms with Crippen molar-refractivity contribution < 1.29 is 4.79 Å². The molecule has 3 heterocycles. The molecular formula is C24H20N4O. The first kappa shape index (κ1) is 17.3. The van der Waals surface area contributed by atoms with E-state index in [1.54, 1.807) is 0 Å². The van der Waals surface area contributed by atoms with E-state index >= 15 is 0 Å². The van der Waals surface area contributed by atoms with E-state index in [2.05, 4.69) is 9.97 Å². The Labute approximate surface area is 168 Å². The molecule has 0 aliphatic heterocycles. The van der Waals surface area contributed by atoms with Crippen LogP contribution in [0.2, 0.25) is 0 Å². The molecule has 0 unspecified atom stereocenters. The molecule has 0 saturated carbocycles. The van der Waals surface area contributed by atoms with Gasteiger partial charge in [-0.05, 0) is 35.9 Å². The minimum absolute atomic E-state index is 0.0480. The Kier molecular flexibility index (Phi) is 4.33. The van der Waals surface area contributed by atoms with E-state index in [9.17, 15) is 4.79 Å². The van der Waals surface area contributed by atoms with Crippen LogP contribution in [0.3, 0.4) is 0 Å². The van der Waals surface area contributed by atoms with Crippen LogP contribution in [-0.2, 0) is 17.8 Å². The van der Waals surface area contributed by atoms with Crippen LogP contribution in [0.1, 0.15) is 11.3 Å². The predicted octanol–water partition coefficient (Wildman–Crippen LogP) is 4.59. The molecule has 0 saturated heterocycles. The van der Waals surface area contributed by atoms with E-state index in [1.807, 2.05) is 101 Å². The van der Waals surface area contributed by atoms with Crippen LogP contribution in [-0.4, -0.2) is 20.3 Å². The number of imidazole rings is 1. The second kappa shape index (κ2) is 7.28. The summed E-state index contributed by atoms with van der Waals surface area (Å²) in [5.74, 6) is 0.0480. The van der Waals surface area contributed by atoms with Gasteiger partial charge in [0.15, 0.2) is 0 Å². The average Bonchev–Trinajstić information content (AvgIpc) is 3.37. The number of benzene rings is 2. The number of carbonyl (C=O) groups excluding carboxylic acids is 1. The van der Waals surface area contributed by atoms with Gasteiger partial charge in [-0.15, -0.1) is 0 Å². The van der Waals surface area contributed by atoms with Crippen molar-refractivity contribution in [2.75, 3.05) is 4.90 Å². The third-order valence-electron chi connectivity index (χ3n) is 5.20. The van der Waals surface area contributed by atoms with Crippen LogP contribution in [0.15, 0.2) is 91.4 Å².